The Morgan fingerprint density at radius 1 is 0.536 bits per heavy atom. The van der Waals surface area contributed by atoms with Crippen molar-refractivity contribution in [1.29, 1.82) is 0 Å². The summed E-state index contributed by atoms with van der Waals surface area (Å²) in [6.45, 7) is 2.77. The van der Waals surface area contributed by atoms with E-state index < -0.39 is 51.1 Å². The van der Waals surface area contributed by atoms with Crippen molar-refractivity contribution in [1.82, 2.24) is 0 Å². The van der Waals surface area contributed by atoms with Gasteiger partial charge in [0.2, 0.25) is 0 Å². The zero-order valence-corrected chi connectivity index (χ0v) is 36.4. The van der Waals surface area contributed by atoms with E-state index in [0.29, 0.717) is 12.8 Å². The minimum atomic E-state index is -4.72. The van der Waals surface area contributed by atoms with Gasteiger partial charge in [0.15, 0.2) is 6.10 Å². The molecular weight excluding hydrogens is 733 g/mol. The van der Waals surface area contributed by atoms with Gasteiger partial charge in [-0.15, -0.1) is 0 Å². The third-order valence-electron chi connectivity index (χ3n) is 9.69. The number of carboxylic acid groups (broad SMARTS) is 1. The Morgan fingerprint density at radius 2 is 0.929 bits per heavy atom. The third kappa shape index (κ3) is 38.8. The van der Waals surface area contributed by atoms with E-state index >= 15 is 0 Å². The lowest BCUT2D eigenvalue weighted by molar-refractivity contribution is -0.161. The summed E-state index contributed by atoms with van der Waals surface area (Å²) >= 11 is 0. The summed E-state index contributed by atoms with van der Waals surface area (Å²) in [6, 6.07) is -1.52. The second-order valence-electron chi connectivity index (χ2n) is 15.2. The maximum Gasteiger partial charge on any atom is 0.472 e. The summed E-state index contributed by atoms with van der Waals surface area (Å²) < 4.78 is 32.7. The lowest BCUT2D eigenvalue weighted by Crippen LogP contribution is -2.34. The molecule has 11 nitrogen and oxygen atoms in total. The van der Waals surface area contributed by atoms with Gasteiger partial charge < -0.3 is 25.2 Å². The molecule has 0 bridgehead atoms. The highest BCUT2D eigenvalue weighted by molar-refractivity contribution is 7.47. The van der Waals surface area contributed by atoms with E-state index in [4.69, 9.17) is 24.8 Å². The smallest absolute Gasteiger partial charge is 0.472 e. The van der Waals surface area contributed by atoms with Crippen LogP contribution in [0, 0.1) is 0 Å². The van der Waals surface area contributed by atoms with E-state index in [1.165, 1.54) is 122 Å². The van der Waals surface area contributed by atoms with E-state index in [2.05, 4.69) is 36.6 Å². The van der Waals surface area contributed by atoms with Crippen LogP contribution in [0.5, 0.6) is 0 Å². The number of nitrogens with two attached hydrogens (primary N) is 1. The topological polar surface area (TPSA) is 172 Å². The van der Waals surface area contributed by atoms with E-state index in [9.17, 15) is 23.8 Å². The Kier molecular flexibility index (Phi) is 38.3. The van der Waals surface area contributed by atoms with Crippen LogP contribution < -0.4 is 5.73 Å². The van der Waals surface area contributed by atoms with E-state index in [-0.39, 0.29) is 19.4 Å². The molecule has 56 heavy (non-hydrogen) atoms. The fourth-order valence-electron chi connectivity index (χ4n) is 6.14. The van der Waals surface area contributed by atoms with Crippen molar-refractivity contribution in [2.75, 3.05) is 19.8 Å². The molecule has 0 aliphatic carbocycles. The molecule has 12 heteroatoms. The van der Waals surface area contributed by atoms with Crippen LogP contribution in [0.4, 0.5) is 0 Å². The number of phosphoric ester groups is 1. The predicted octanol–water partition coefficient (Wildman–Crippen LogP) is 11.8. The van der Waals surface area contributed by atoms with Crippen molar-refractivity contribution in [2.45, 2.75) is 219 Å². The van der Waals surface area contributed by atoms with Gasteiger partial charge in [0.1, 0.15) is 12.6 Å². The molecular formula is C44H82NO10P. The average Bonchev–Trinajstić information content (AvgIpc) is 3.17. The SMILES string of the molecule is CCCCCCCC/C=C/CCCCCCCCCC(=O)O[C@H](COC(=O)CC/C=C/CCCCCCCCCCCCC)COP(=O)(O)OC[C@H](N)C(=O)O. The number of carbonyl (C=O) groups excluding carboxylic acids is 2. The van der Waals surface area contributed by atoms with Gasteiger partial charge in [0.05, 0.1) is 13.2 Å². The van der Waals surface area contributed by atoms with Crippen LogP contribution in [0.1, 0.15) is 206 Å². The maximum atomic E-state index is 12.6. The van der Waals surface area contributed by atoms with Crippen LogP contribution in [0.25, 0.3) is 0 Å². The van der Waals surface area contributed by atoms with Crippen LogP contribution in [-0.2, 0) is 37.5 Å². The van der Waals surface area contributed by atoms with Gasteiger partial charge >= 0.3 is 25.7 Å². The summed E-state index contributed by atoms with van der Waals surface area (Å²) in [7, 11) is -4.72. The summed E-state index contributed by atoms with van der Waals surface area (Å²) in [5.74, 6) is -2.44. The zero-order chi connectivity index (χ0) is 41.4. The summed E-state index contributed by atoms with van der Waals surface area (Å²) in [4.78, 5) is 45.9. The Bertz CT molecular complexity index is 1050. The molecule has 0 heterocycles. The summed E-state index contributed by atoms with van der Waals surface area (Å²) in [5, 5.41) is 8.89. The average molecular weight is 816 g/mol. The molecule has 0 aromatic carbocycles. The Morgan fingerprint density at radius 3 is 1.38 bits per heavy atom. The number of rotatable bonds is 42. The van der Waals surface area contributed by atoms with Crippen molar-refractivity contribution in [3.05, 3.63) is 24.3 Å². The normalized spacial score (nSPS) is 13.9. The lowest BCUT2D eigenvalue weighted by atomic mass is 10.1. The highest BCUT2D eigenvalue weighted by atomic mass is 31.2. The molecule has 0 aliphatic rings. The molecule has 0 saturated heterocycles. The van der Waals surface area contributed by atoms with Crippen LogP contribution in [0.3, 0.4) is 0 Å². The minimum absolute atomic E-state index is 0.140. The largest absolute Gasteiger partial charge is 0.480 e. The number of allylic oxidation sites excluding steroid dienone is 4. The van der Waals surface area contributed by atoms with E-state index in [1.54, 1.807) is 0 Å². The number of hydrogen-bond donors (Lipinski definition) is 3. The second-order valence-corrected chi connectivity index (χ2v) is 16.6. The van der Waals surface area contributed by atoms with Crippen molar-refractivity contribution in [3.8, 4) is 0 Å². The zero-order valence-electron chi connectivity index (χ0n) is 35.5. The van der Waals surface area contributed by atoms with Gasteiger partial charge in [-0.05, 0) is 51.4 Å². The maximum absolute atomic E-state index is 12.6. The molecule has 3 atom stereocenters. The molecule has 0 amide bonds. The molecule has 0 aromatic rings. The molecule has 1 unspecified atom stereocenters. The first-order valence-electron chi connectivity index (χ1n) is 22.4. The molecule has 328 valence electrons. The molecule has 4 N–H and O–H groups in total. The second kappa shape index (κ2) is 39.8. The number of hydrogen-bond acceptors (Lipinski definition) is 9. The van der Waals surface area contributed by atoms with Crippen LogP contribution in [0.2, 0.25) is 0 Å². The van der Waals surface area contributed by atoms with Crippen LogP contribution >= 0.6 is 7.82 Å². The molecule has 0 fully saturated rings. The minimum Gasteiger partial charge on any atom is -0.480 e. The van der Waals surface area contributed by atoms with Crippen molar-refractivity contribution in [2.24, 2.45) is 5.73 Å². The summed E-state index contributed by atoms with van der Waals surface area (Å²) in [5.41, 5.74) is 5.33. The molecule has 0 radical (unpaired) electrons. The number of unbranched alkanes of at least 4 members (excludes halogenated alkanes) is 24. The van der Waals surface area contributed by atoms with E-state index in [0.717, 1.165) is 44.9 Å². The first-order valence-corrected chi connectivity index (χ1v) is 23.9. The first-order chi connectivity index (χ1) is 27.1. The number of ether oxygens (including phenoxy) is 2. The van der Waals surface area contributed by atoms with E-state index in [1.807, 2.05) is 6.08 Å². The number of aliphatic carboxylic acids is 1. The predicted molar refractivity (Wildman–Crippen MR) is 226 cm³/mol. The Hall–Kier alpha value is -2.04. The van der Waals surface area contributed by atoms with Crippen molar-refractivity contribution < 1.29 is 47.5 Å². The Labute approximate surface area is 340 Å². The fraction of sp³-hybridized carbons (Fsp3) is 0.841. The van der Waals surface area contributed by atoms with Gasteiger partial charge in [0, 0.05) is 12.8 Å². The van der Waals surface area contributed by atoms with Gasteiger partial charge in [-0.3, -0.25) is 23.4 Å². The first kappa shape index (κ1) is 54.0. The number of esters is 2. The van der Waals surface area contributed by atoms with Gasteiger partial charge in [-0.2, -0.15) is 0 Å². The molecule has 0 rings (SSSR count). The quantitative estimate of drug-likeness (QED) is 0.0232. The van der Waals surface area contributed by atoms with Gasteiger partial charge in [0.25, 0.3) is 0 Å². The van der Waals surface area contributed by atoms with Gasteiger partial charge in [-0.25, -0.2) is 4.57 Å². The molecule has 0 aliphatic heterocycles. The highest BCUT2D eigenvalue weighted by Gasteiger charge is 2.28. The molecule has 0 aromatic heterocycles. The number of phosphoric acid groups is 1. The number of carbonyl (C=O) groups is 3. The fourth-order valence-corrected chi connectivity index (χ4v) is 6.91. The van der Waals surface area contributed by atoms with Crippen LogP contribution in [0.15, 0.2) is 24.3 Å². The van der Waals surface area contributed by atoms with Crippen molar-refractivity contribution >= 4 is 25.7 Å². The third-order valence-corrected chi connectivity index (χ3v) is 10.6. The molecule has 0 saturated carbocycles. The molecule has 0 spiro atoms. The highest BCUT2D eigenvalue weighted by Crippen LogP contribution is 2.43. The summed E-state index contributed by atoms with van der Waals surface area (Å²) in [6.07, 6.45) is 41.1. The standard InChI is InChI=1S/C44H82NO10P/c1-3-5-7-9-11-13-15-17-19-20-22-24-26-28-30-32-34-36-43(47)55-40(38-53-56(50,51)54-39-41(45)44(48)49)37-52-42(46)35-33-31-29-27-25-23-21-18-16-14-12-10-8-6-4-2/h17,19,29,31,40-41H,3-16,18,20-28,30,32-39,45H2,1-2H3,(H,48,49)(H,50,51)/b19-17+,31-29+/t40-,41+/m1/s1. The lowest BCUT2D eigenvalue weighted by Gasteiger charge is -2.20. The van der Waals surface area contributed by atoms with Crippen molar-refractivity contribution in [3.63, 3.8) is 0 Å². The monoisotopic (exact) mass is 816 g/mol. The number of carboxylic acids is 1. The Balaban J connectivity index is 4.38. The van der Waals surface area contributed by atoms with Crippen LogP contribution in [-0.4, -0.2) is 59.9 Å². The van der Waals surface area contributed by atoms with Gasteiger partial charge in [-0.1, -0.05) is 167 Å².